The summed E-state index contributed by atoms with van der Waals surface area (Å²) in [6, 6.07) is 15.7. The van der Waals surface area contributed by atoms with Crippen molar-refractivity contribution >= 4 is 22.6 Å². The second-order valence-electron chi connectivity index (χ2n) is 8.51. The number of hydrogen-bond donors (Lipinski definition) is 0. The molecular formula is C26H33N3. The lowest BCUT2D eigenvalue weighted by molar-refractivity contribution is 0.248. The number of fused-ring (bicyclic) bond motifs is 1. The topological polar surface area (TPSA) is 9.72 Å². The van der Waals surface area contributed by atoms with Gasteiger partial charge in [0.15, 0.2) is 0 Å². The summed E-state index contributed by atoms with van der Waals surface area (Å²) in [5, 5.41) is 0. The van der Waals surface area contributed by atoms with Gasteiger partial charge in [0.25, 0.3) is 0 Å². The molecule has 0 radical (unpaired) electrons. The number of piperidine rings is 1. The molecule has 0 amide bonds. The highest BCUT2D eigenvalue weighted by molar-refractivity contribution is 5.87. The average Bonchev–Trinajstić information content (AvgIpc) is 2.73. The molecule has 0 bridgehead atoms. The van der Waals surface area contributed by atoms with Crippen LogP contribution in [-0.2, 0) is 0 Å². The van der Waals surface area contributed by atoms with Gasteiger partial charge in [0.05, 0.1) is 0 Å². The Morgan fingerprint density at radius 3 is 2.34 bits per heavy atom. The van der Waals surface area contributed by atoms with Crippen LogP contribution in [0.25, 0.3) is 5.57 Å². The third-order valence-corrected chi connectivity index (χ3v) is 6.53. The third-order valence-electron chi connectivity index (χ3n) is 6.53. The van der Waals surface area contributed by atoms with Gasteiger partial charge in [0.1, 0.15) is 0 Å². The minimum absolute atomic E-state index is 0.612. The van der Waals surface area contributed by atoms with Crippen LogP contribution < -0.4 is 9.80 Å². The first-order chi connectivity index (χ1) is 14.0. The highest BCUT2D eigenvalue weighted by atomic mass is 15.1. The van der Waals surface area contributed by atoms with Crippen LogP contribution in [0.4, 0.5) is 17.1 Å². The zero-order valence-electron chi connectivity index (χ0n) is 18.3. The molecule has 4 rings (SSSR count). The number of likely N-dealkylation sites (N-methyl/N-ethyl adjacent to an activating group) is 1. The Hall–Kier alpha value is -2.52. The molecule has 0 unspecified atom stereocenters. The van der Waals surface area contributed by atoms with Crippen LogP contribution in [-0.4, -0.2) is 38.6 Å². The lowest BCUT2D eigenvalue weighted by atomic mass is 9.82. The number of rotatable bonds is 4. The van der Waals surface area contributed by atoms with Gasteiger partial charge in [-0.1, -0.05) is 24.3 Å². The maximum Gasteiger partial charge on any atom is 0.0488 e. The van der Waals surface area contributed by atoms with E-state index >= 15 is 0 Å². The molecule has 0 saturated carbocycles. The standard InChI is InChI=1S/C26H33N3/c1-6-29-20(3)17-24(21-13-15-27(4)16-14-21)25-18-23(11-12-26(25)29)28(5)22-9-7-19(2)8-10-22/h7-12,17-18,21H,3,6,13-16H2,1-2,4-5H3. The number of anilines is 3. The molecule has 0 N–H and O–H groups in total. The number of benzene rings is 2. The van der Waals surface area contributed by atoms with E-state index in [2.05, 4.69) is 97.8 Å². The maximum absolute atomic E-state index is 4.37. The molecule has 2 aliphatic heterocycles. The highest BCUT2D eigenvalue weighted by Crippen LogP contribution is 2.43. The molecule has 0 spiro atoms. The van der Waals surface area contributed by atoms with E-state index in [4.69, 9.17) is 0 Å². The molecular weight excluding hydrogens is 354 g/mol. The largest absolute Gasteiger partial charge is 0.345 e. The molecule has 0 aliphatic carbocycles. The summed E-state index contributed by atoms with van der Waals surface area (Å²) in [6.45, 7) is 12.0. The lowest BCUT2D eigenvalue weighted by Crippen LogP contribution is -2.32. The second-order valence-corrected chi connectivity index (χ2v) is 8.51. The minimum atomic E-state index is 0.612. The Labute approximate surface area is 175 Å². The summed E-state index contributed by atoms with van der Waals surface area (Å²) in [6.07, 6.45) is 4.79. The van der Waals surface area contributed by atoms with Crippen molar-refractivity contribution in [3.05, 3.63) is 71.9 Å². The number of hydrogen-bond acceptors (Lipinski definition) is 3. The second kappa shape index (κ2) is 8.08. The SMILES string of the molecule is C=C1C=C(C2CCN(C)CC2)c2cc(N(C)c3ccc(C)cc3)ccc2N1CC. The zero-order chi connectivity index (χ0) is 20.5. The van der Waals surface area contributed by atoms with Crippen molar-refractivity contribution in [2.45, 2.75) is 26.7 Å². The smallest absolute Gasteiger partial charge is 0.0488 e. The van der Waals surface area contributed by atoms with Gasteiger partial charge in [-0.15, -0.1) is 0 Å². The van der Waals surface area contributed by atoms with Crippen LogP contribution in [0.2, 0.25) is 0 Å². The van der Waals surface area contributed by atoms with Gasteiger partial charge in [-0.05, 0) is 94.7 Å². The predicted molar refractivity (Wildman–Crippen MR) is 126 cm³/mol. The van der Waals surface area contributed by atoms with E-state index in [-0.39, 0.29) is 0 Å². The zero-order valence-corrected chi connectivity index (χ0v) is 18.3. The van der Waals surface area contributed by atoms with E-state index < -0.39 is 0 Å². The van der Waals surface area contributed by atoms with Gasteiger partial charge in [-0.2, -0.15) is 0 Å². The average molecular weight is 388 g/mol. The summed E-state index contributed by atoms with van der Waals surface area (Å²) in [4.78, 5) is 7.06. The van der Waals surface area contributed by atoms with Crippen LogP contribution in [0.3, 0.4) is 0 Å². The van der Waals surface area contributed by atoms with E-state index in [1.54, 1.807) is 0 Å². The van der Waals surface area contributed by atoms with Crippen LogP contribution in [0.5, 0.6) is 0 Å². The van der Waals surface area contributed by atoms with Gasteiger partial charge in [-0.25, -0.2) is 0 Å². The lowest BCUT2D eigenvalue weighted by Gasteiger charge is -2.37. The van der Waals surface area contributed by atoms with E-state index in [1.807, 2.05) is 0 Å². The predicted octanol–water partition coefficient (Wildman–Crippen LogP) is 5.84. The van der Waals surface area contributed by atoms with Crippen LogP contribution >= 0.6 is 0 Å². The van der Waals surface area contributed by atoms with Gasteiger partial charge >= 0.3 is 0 Å². The summed E-state index contributed by atoms with van der Waals surface area (Å²) in [5.41, 5.74) is 9.01. The molecule has 1 fully saturated rings. The van der Waals surface area contributed by atoms with E-state index in [0.717, 1.165) is 12.2 Å². The first-order valence-electron chi connectivity index (χ1n) is 10.8. The van der Waals surface area contributed by atoms with Gasteiger partial charge in [0.2, 0.25) is 0 Å². The first-order valence-corrected chi connectivity index (χ1v) is 10.8. The molecule has 3 nitrogen and oxygen atoms in total. The molecule has 2 heterocycles. The summed E-state index contributed by atoms with van der Waals surface area (Å²) in [5.74, 6) is 0.612. The van der Waals surface area contributed by atoms with Crippen molar-refractivity contribution in [1.82, 2.24) is 4.90 Å². The molecule has 0 aromatic heterocycles. The fourth-order valence-electron chi connectivity index (χ4n) is 4.64. The van der Waals surface area contributed by atoms with Crippen molar-refractivity contribution < 1.29 is 0 Å². The van der Waals surface area contributed by atoms with Crippen molar-refractivity contribution in [3.63, 3.8) is 0 Å². The van der Waals surface area contributed by atoms with Crippen molar-refractivity contribution in [2.75, 3.05) is 43.5 Å². The highest BCUT2D eigenvalue weighted by Gasteiger charge is 2.28. The number of likely N-dealkylation sites (tertiary alicyclic amines) is 1. The molecule has 3 heteroatoms. The minimum Gasteiger partial charge on any atom is -0.345 e. The van der Waals surface area contributed by atoms with Crippen LogP contribution in [0, 0.1) is 12.8 Å². The molecule has 152 valence electrons. The summed E-state index contributed by atoms with van der Waals surface area (Å²) < 4.78 is 0. The number of allylic oxidation sites excluding steroid dienone is 2. The maximum atomic E-state index is 4.37. The van der Waals surface area contributed by atoms with Crippen molar-refractivity contribution in [3.8, 4) is 0 Å². The van der Waals surface area contributed by atoms with Crippen LogP contribution in [0.1, 0.15) is 30.9 Å². The van der Waals surface area contributed by atoms with Crippen molar-refractivity contribution in [1.29, 1.82) is 0 Å². The molecule has 1 saturated heterocycles. The Morgan fingerprint density at radius 2 is 1.69 bits per heavy atom. The van der Waals surface area contributed by atoms with Gasteiger partial charge in [-0.3, -0.25) is 0 Å². The van der Waals surface area contributed by atoms with Gasteiger partial charge in [0, 0.05) is 41.9 Å². The van der Waals surface area contributed by atoms with Crippen molar-refractivity contribution in [2.24, 2.45) is 5.92 Å². The normalized spacial score (nSPS) is 17.9. The van der Waals surface area contributed by atoms with E-state index in [1.165, 1.54) is 59.7 Å². The fourth-order valence-corrected chi connectivity index (χ4v) is 4.64. The Bertz CT molecular complexity index is 917. The molecule has 29 heavy (non-hydrogen) atoms. The molecule has 2 aliphatic rings. The fraction of sp³-hybridized carbons (Fsp3) is 0.385. The van der Waals surface area contributed by atoms with Gasteiger partial charge < -0.3 is 14.7 Å². The number of aryl methyl sites for hydroxylation is 1. The van der Waals surface area contributed by atoms with Crippen LogP contribution in [0.15, 0.2) is 60.8 Å². The molecule has 2 aromatic carbocycles. The molecule has 0 atom stereocenters. The summed E-state index contributed by atoms with van der Waals surface area (Å²) in [7, 11) is 4.39. The first kappa shape index (κ1) is 19.8. The molecule has 2 aromatic rings. The van der Waals surface area contributed by atoms with E-state index in [0.29, 0.717) is 5.92 Å². The quantitative estimate of drug-likeness (QED) is 0.652. The Morgan fingerprint density at radius 1 is 1.03 bits per heavy atom. The third kappa shape index (κ3) is 3.84. The Balaban J connectivity index is 1.73. The summed E-state index contributed by atoms with van der Waals surface area (Å²) >= 11 is 0. The monoisotopic (exact) mass is 387 g/mol. The van der Waals surface area contributed by atoms with E-state index in [9.17, 15) is 0 Å². The Kier molecular flexibility index (Phi) is 5.51. The number of nitrogens with zero attached hydrogens (tertiary/aromatic N) is 3.